The van der Waals surface area contributed by atoms with Gasteiger partial charge in [-0.1, -0.05) is 19.9 Å². The lowest BCUT2D eigenvalue weighted by atomic mass is 10.1. The number of methoxy groups -OCH3 is 1. The van der Waals surface area contributed by atoms with Crippen molar-refractivity contribution in [2.45, 2.75) is 32.7 Å². The lowest BCUT2D eigenvalue weighted by molar-refractivity contribution is -0.122. The molecule has 21 heavy (non-hydrogen) atoms. The van der Waals surface area contributed by atoms with E-state index in [0.29, 0.717) is 31.1 Å². The molecule has 0 radical (unpaired) electrons. The fraction of sp³-hybridized carbons (Fsp3) is 0.500. The van der Waals surface area contributed by atoms with Gasteiger partial charge in [0, 0.05) is 31.1 Å². The van der Waals surface area contributed by atoms with Gasteiger partial charge in [-0.3, -0.25) is 9.59 Å². The van der Waals surface area contributed by atoms with Crippen molar-refractivity contribution >= 4 is 17.5 Å². The highest BCUT2D eigenvalue weighted by Crippen LogP contribution is 2.25. The van der Waals surface area contributed by atoms with Gasteiger partial charge >= 0.3 is 0 Å². The van der Waals surface area contributed by atoms with Crippen LogP contribution in [0.1, 0.15) is 26.7 Å². The minimum atomic E-state index is -0.116. The lowest BCUT2D eigenvalue weighted by Gasteiger charge is -2.18. The molecule has 1 fully saturated rings. The monoisotopic (exact) mass is 290 g/mol. The highest BCUT2D eigenvalue weighted by molar-refractivity contribution is 5.97. The number of rotatable bonds is 5. The van der Waals surface area contributed by atoms with Gasteiger partial charge < -0.3 is 15.0 Å². The maximum absolute atomic E-state index is 12.1. The van der Waals surface area contributed by atoms with E-state index in [9.17, 15) is 9.59 Å². The minimum absolute atomic E-state index is 0.00953. The van der Waals surface area contributed by atoms with Gasteiger partial charge in [0.15, 0.2) is 0 Å². The van der Waals surface area contributed by atoms with Crippen molar-refractivity contribution in [2.75, 3.05) is 18.6 Å². The van der Waals surface area contributed by atoms with E-state index in [0.717, 1.165) is 5.69 Å². The van der Waals surface area contributed by atoms with Crippen molar-refractivity contribution in [3.8, 4) is 5.75 Å². The van der Waals surface area contributed by atoms with E-state index >= 15 is 0 Å². The Morgan fingerprint density at radius 3 is 2.90 bits per heavy atom. The largest absolute Gasteiger partial charge is 0.497 e. The van der Waals surface area contributed by atoms with Crippen molar-refractivity contribution in [3.05, 3.63) is 24.3 Å². The van der Waals surface area contributed by atoms with Crippen LogP contribution in [0.4, 0.5) is 5.69 Å². The third-order valence-corrected chi connectivity index (χ3v) is 3.45. The van der Waals surface area contributed by atoms with Gasteiger partial charge in [0.05, 0.1) is 13.2 Å². The van der Waals surface area contributed by atoms with E-state index in [2.05, 4.69) is 5.32 Å². The molecule has 1 aromatic carbocycles. The molecule has 114 valence electrons. The average Bonchev–Trinajstić information content (AvgIpc) is 2.78. The summed E-state index contributed by atoms with van der Waals surface area (Å²) in [5.74, 6) is 1.07. The van der Waals surface area contributed by atoms with Gasteiger partial charge in [0.2, 0.25) is 11.8 Å². The number of amides is 2. The lowest BCUT2D eigenvalue weighted by Crippen LogP contribution is -2.37. The van der Waals surface area contributed by atoms with Crippen molar-refractivity contribution in [1.29, 1.82) is 0 Å². The van der Waals surface area contributed by atoms with Crippen LogP contribution in [0, 0.1) is 5.92 Å². The fourth-order valence-corrected chi connectivity index (χ4v) is 2.49. The minimum Gasteiger partial charge on any atom is -0.497 e. The maximum Gasteiger partial charge on any atom is 0.229 e. The number of ether oxygens (including phenoxy) is 1. The first kappa shape index (κ1) is 15.4. The van der Waals surface area contributed by atoms with Crippen LogP contribution in [0.25, 0.3) is 0 Å². The van der Waals surface area contributed by atoms with Crippen LogP contribution in [0.3, 0.4) is 0 Å². The zero-order valence-electron chi connectivity index (χ0n) is 12.8. The molecule has 1 aromatic rings. The zero-order chi connectivity index (χ0) is 15.4. The molecular weight excluding hydrogens is 268 g/mol. The van der Waals surface area contributed by atoms with E-state index in [1.54, 1.807) is 12.0 Å². The van der Waals surface area contributed by atoms with Gasteiger partial charge in [-0.15, -0.1) is 0 Å². The third kappa shape index (κ3) is 3.97. The van der Waals surface area contributed by atoms with Crippen molar-refractivity contribution < 1.29 is 14.3 Å². The summed E-state index contributed by atoms with van der Waals surface area (Å²) in [7, 11) is 1.60. The predicted octanol–water partition coefficient (Wildman–Crippen LogP) is 1.96. The quantitative estimate of drug-likeness (QED) is 0.902. The standard InChI is InChI=1S/C16H22N2O3/c1-11(2)7-15(19)17-12-8-16(20)18(10-12)13-5-4-6-14(9-13)21-3/h4-6,9,11-12H,7-8,10H2,1-3H3,(H,17,19)/t12-/m1/s1. The second-order valence-corrected chi connectivity index (χ2v) is 5.77. The number of anilines is 1. The summed E-state index contributed by atoms with van der Waals surface area (Å²) in [5, 5.41) is 2.94. The van der Waals surface area contributed by atoms with Crippen LogP contribution >= 0.6 is 0 Å². The van der Waals surface area contributed by atoms with Crippen LogP contribution in [0.15, 0.2) is 24.3 Å². The third-order valence-electron chi connectivity index (χ3n) is 3.45. The topological polar surface area (TPSA) is 58.6 Å². The Morgan fingerprint density at radius 2 is 2.24 bits per heavy atom. The molecule has 2 rings (SSSR count). The number of hydrogen-bond acceptors (Lipinski definition) is 3. The summed E-state index contributed by atoms with van der Waals surface area (Å²) in [6, 6.07) is 7.28. The van der Waals surface area contributed by atoms with Gasteiger partial charge in [-0.2, -0.15) is 0 Å². The molecule has 1 saturated heterocycles. The summed E-state index contributed by atoms with van der Waals surface area (Å²) in [6.45, 7) is 4.51. The Kier molecular flexibility index (Phi) is 4.83. The van der Waals surface area contributed by atoms with E-state index in [-0.39, 0.29) is 17.9 Å². The van der Waals surface area contributed by atoms with E-state index in [4.69, 9.17) is 4.74 Å². The Hall–Kier alpha value is -2.04. The Labute approximate surface area is 125 Å². The zero-order valence-corrected chi connectivity index (χ0v) is 12.8. The van der Waals surface area contributed by atoms with E-state index in [1.807, 2.05) is 38.1 Å². The smallest absolute Gasteiger partial charge is 0.229 e. The molecule has 1 aliphatic heterocycles. The van der Waals surface area contributed by atoms with Gasteiger partial charge in [0.1, 0.15) is 5.75 Å². The predicted molar refractivity (Wildman–Crippen MR) is 81.3 cm³/mol. The molecule has 1 atom stereocenters. The second-order valence-electron chi connectivity index (χ2n) is 5.77. The van der Waals surface area contributed by atoms with Crippen molar-refractivity contribution in [2.24, 2.45) is 5.92 Å². The molecule has 1 N–H and O–H groups in total. The van der Waals surface area contributed by atoms with Crippen LogP contribution in [-0.4, -0.2) is 31.5 Å². The number of nitrogens with one attached hydrogen (secondary N) is 1. The SMILES string of the molecule is COc1cccc(N2C[C@H](NC(=O)CC(C)C)CC2=O)c1. The molecular formula is C16H22N2O3. The molecule has 0 bridgehead atoms. The Balaban J connectivity index is 2.00. The van der Waals surface area contributed by atoms with Gasteiger partial charge in [-0.05, 0) is 18.1 Å². The first-order valence-electron chi connectivity index (χ1n) is 7.23. The average molecular weight is 290 g/mol. The fourth-order valence-electron chi connectivity index (χ4n) is 2.49. The summed E-state index contributed by atoms with van der Waals surface area (Å²) in [4.78, 5) is 25.6. The van der Waals surface area contributed by atoms with Crippen LogP contribution in [0.2, 0.25) is 0 Å². The number of nitrogens with zero attached hydrogens (tertiary/aromatic N) is 1. The van der Waals surface area contributed by atoms with Crippen molar-refractivity contribution in [1.82, 2.24) is 5.32 Å². The maximum atomic E-state index is 12.1. The van der Waals surface area contributed by atoms with Gasteiger partial charge in [-0.25, -0.2) is 0 Å². The Morgan fingerprint density at radius 1 is 1.48 bits per heavy atom. The van der Waals surface area contributed by atoms with E-state index in [1.165, 1.54) is 0 Å². The number of hydrogen-bond donors (Lipinski definition) is 1. The molecule has 5 heteroatoms. The molecule has 1 heterocycles. The number of carbonyl (C=O) groups is 2. The summed E-state index contributed by atoms with van der Waals surface area (Å²) < 4.78 is 5.18. The molecule has 5 nitrogen and oxygen atoms in total. The second kappa shape index (κ2) is 6.61. The van der Waals surface area contributed by atoms with Crippen molar-refractivity contribution in [3.63, 3.8) is 0 Å². The first-order valence-corrected chi connectivity index (χ1v) is 7.23. The molecule has 0 unspecified atom stereocenters. The molecule has 2 amide bonds. The highest BCUT2D eigenvalue weighted by Gasteiger charge is 2.31. The highest BCUT2D eigenvalue weighted by atomic mass is 16.5. The molecule has 0 spiro atoms. The van der Waals surface area contributed by atoms with Crippen LogP contribution in [-0.2, 0) is 9.59 Å². The van der Waals surface area contributed by atoms with Gasteiger partial charge in [0.25, 0.3) is 0 Å². The summed E-state index contributed by atoms with van der Waals surface area (Å²) in [5.41, 5.74) is 0.806. The molecule has 0 aliphatic carbocycles. The number of carbonyl (C=O) groups excluding carboxylic acids is 2. The summed E-state index contributed by atoms with van der Waals surface area (Å²) >= 11 is 0. The van der Waals surface area contributed by atoms with E-state index < -0.39 is 0 Å². The molecule has 1 aliphatic rings. The van der Waals surface area contributed by atoms with Crippen LogP contribution < -0.4 is 15.0 Å². The molecule has 0 saturated carbocycles. The Bertz CT molecular complexity index is 528. The normalized spacial score (nSPS) is 18.2. The van der Waals surface area contributed by atoms with Crippen LogP contribution in [0.5, 0.6) is 5.75 Å². The summed E-state index contributed by atoms with van der Waals surface area (Å²) in [6.07, 6.45) is 0.838. The molecule has 0 aromatic heterocycles. The first-order chi connectivity index (χ1) is 9.99. The number of benzene rings is 1.